The molecule has 0 radical (unpaired) electrons. The largest absolute Gasteiger partial charge is 0.348 e. The number of fused-ring (bicyclic) bond motifs is 2. The lowest BCUT2D eigenvalue weighted by Crippen LogP contribution is -2.64. The topological polar surface area (TPSA) is 41.6 Å². The fourth-order valence-electron chi connectivity index (χ4n) is 2.86. The van der Waals surface area contributed by atoms with E-state index in [-0.39, 0.29) is 5.91 Å². The number of nitrogens with zero attached hydrogens (tertiary/aromatic N) is 1. The van der Waals surface area contributed by atoms with Gasteiger partial charge in [0, 0.05) is 25.6 Å². The van der Waals surface area contributed by atoms with Gasteiger partial charge in [0.25, 0.3) is 5.91 Å². The van der Waals surface area contributed by atoms with Gasteiger partial charge in [-0.2, -0.15) is 0 Å². The summed E-state index contributed by atoms with van der Waals surface area (Å²) >= 11 is 0. The van der Waals surface area contributed by atoms with Crippen LogP contribution in [0.3, 0.4) is 0 Å². The van der Waals surface area contributed by atoms with Gasteiger partial charge in [0.15, 0.2) is 5.60 Å². The van der Waals surface area contributed by atoms with Gasteiger partial charge in [-0.1, -0.05) is 0 Å². The predicted octanol–water partition coefficient (Wildman–Crippen LogP) is -0.445. The molecule has 1 spiro atoms. The van der Waals surface area contributed by atoms with E-state index < -0.39 is 5.60 Å². The molecule has 72 valence electrons. The number of carbonyl (C=O) groups is 1. The Morgan fingerprint density at radius 3 is 2.77 bits per heavy atom. The van der Waals surface area contributed by atoms with E-state index in [1.807, 2.05) is 4.90 Å². The molecule has 0 aliphatic carbocycles. The highest BCUT2D eigenvalue weighted by molar-refractivity contribution is 5.88. The highest BCUT2D eigenvalue weighted by Crippen LogP contribution is 2.40. The molecule has 1 N–H and O–H groups in total. The van der Waals surface area contributed by atoms with Gasteiger partial charge in [-0.15, -0.1) is 0 Å². The number of rotatable bonds is 0. The first-order valence-electron chi connectivity index (χ1n) is 4.97. The van der Waals surface area contributed by atoms with Gasteiger partial charge >= 0.3 is 0 Å². The number of ether oxygens (including phenoxy) is 1. The van der Waals surface area contributed by atoms with Crippen LogP contribution in [0.4, 0.5) is 0 Å². The van der Waals surface area contributed by atoms with Crippen molar-refractivity contribution in [3.8, 4) is 0 Å². The monoisotopic (exact) mass is 182 g/mol. The fourth-order valence-corrected chi connectivity index (χ4v) is 2.86. The zero-order chi connectivity index (χ0) is 8.89. The van der Waals surface area contributed by atoms with Crippen LogP contribution in [0.15, 0.2) is 0 Å². The number of amides is 1. The summed E-state index contributed by atoms with van der Waals surface area (Å²) < 4.78 is 5.63. The summed E-state index contributed by atoms with van der Waals surface area (Å²) in [5.41, 5.74) is -0.476. The quantitative estimate of drug-likeness (QED) is 0.552. The molecule has 4 nitrogen and oxygen atoms in total. The molecule has 13 heavy (non-hydrogen) atoms. The molecule has 0 aromatic carbocycles. The molecule has 4 saturated heterocycles. The summed E-state index contributed by atoms with van der Waals surface area (Å²) in [5.74, 6) is 0.681. The lowest BCUT2D eigenvalue weighted by atomic mass is 9.75. The smallest absolute Gasteiger partial charge is 0.256 e. The van der Waals surface area contributed by atoms with Gasteiger partial charge in [-0.05, 0) is 12.8 Å². The summed E-state index contributed by atoms with van der Waals surface area (Å²) in [6.45, 7) is 3.13. The Morgan fingerprint density at radius 2 is 2.23 bits per heavy atom. The van der Waals surface area contributed by atoms with E-state index >= 15 is 0 Å². The number of hydrogen-bond acceptors (Lipinski definition) is 3. The van der Waals surface area contributed by atoms with Gasteiger partial charge in [0.05, 0.1) is 6.73 Å². The van der Waals surface area contributed by atoms with Crippen molar-refractivity contribution in [3.05, 3.63) is 0 Å². The molecule has 1 atom stereocenters. The number of hydrogen-bond donors (Lipinski definition) is 1. The van der Waals surface area contributed by atoms with Crippen LogP contribution in [0.25, 0.3) is 0 Å². The summed E-state index contributed by atoms with van der Waals surface area (Å²) in [5, 5.41) is 3.13. The lowest BCUT2D eigenvalue weighted by Gasteiger charge is -2.49. The van der Waals surface area contributed by atoms with Crippen LogP contribution in [0.5, 0.6) is 0 Å². The van der Waals surface area contributed by atoms with Crippen molar-refractivity contribution in [1.29, 1.82) is 0 Å². The minimum absolute atomic E-state index is 0.222. The maximum atomic E-state index is 12.0. The van der Waals surface area contributed by atoms with Crippen molar-refractivity contribution in [2.75, 3.05) is 26.4 Å². The maximum absolute atomic E-state index is 12.0. The van der Waals surface area contributed by atoms with E-state index in [1.165, 1.54) is 0 Å². The summed E-state index contributed by atoms with van der Waals surface area (Å²) in [7, 11) is 0. The summed E-state index contributed by atoms with van der Waals surface area (Å²) in [4.78, 5) is 13.9. The molecule has 4 aliphatic heterocycles. The van der Waals surface area contributed by atoms with Crippen molar-refractivity contribution >= 4 is 5.91 Å². The van der Waals surface area contributed by atoms with Gasteiger partial charge in [-0.3, -0.25) is 10.1 Å². The van der Waals surface area contributed by atoms with E-state index in [9.17, 15) is 4.79 Å². The zero-order valence-electron chi connectivity index (χ0n) is 7.58. The molecule has 2 bridgehead atoms. The summed E-state index contributed by atoms with van der Waals surface area (Å²) in [6, 6.07) is 0. The molecule has 4 heterocycles. The predicted molar refractivity (Wildman–Crippen MR) is 46.0 cm³/mol. The Morgan fingerprint density at radius 1 is 1.46 bits per heavy atom. The van der Waals surface area contributed by atoms with E-state index in [4.69, 9.17) is 4.74 Å². The van der Waals surface area contributed by atoms with Gasteiger partial charge in [0.2, 0.25) is 0 Å². The SMILES string of the molecule is O=C1N2CCC(CC2)C12CNCO2. The van der Waals surface area contributed by atoms with E-state index in [0.717, 1.165) is 25.9 Å². The normalized spacial score (nSPS) is 43.5. The third-order valence-corrected chi connectivity index (χ3v) is 3.62. The van der Waals surface area contributed by atoms with Crippen molar-refractivity contribution in [2.45, 2.75) is 18.4 Å². The van der Waals surface area contributed by atoms with Crippen LogP contribution >= 0.6 is 0 Å². The molecule has 0 saturated carbocycles. The Bertz CT molecular complexity index is 240. The molecule has 0 aromatic heterocycles. The van der Waals surface area contributed by atoms with E-state index in [1.54, 1.807) is 0 Å². The van der Waals surface area contributed by atoms with E-state index in [2.05, 4.69) is 5.32 Å². The van der Waals surface area contributed by atoms with Crippen molar-refractivity contribution in [2.24, 2.45) is 5.92 Å². The first-order chi connectivity index (χ1) is 6.33. The second-order valence-corrected chi connectivity index (χ2v) is 4.17. The third-order valence-electron chi connectivity index (χ3n) is 3.62. The average Bonchev–Trinajstić information content (AvgIpc) is 2.64. The number of nitrogens with one attached hydrogen (secondary N) is 1. The molecular weight excluding hydrogens is 168 g/mol. The Kier molecular flexibility index (Phi) is 1.46. The van der Waals surface area contributed by atoms with Gasteiger partial charge < -0.3 is 9.64 Å². The first kappa shape index (κ1) is 7.76. The van der Waals surface area contributed by atoms with Crippen LogP contribution < -0.4 is 5.32 Å². The van der Waals surface area contributed by atoms with Crippen LogP contribution in [0.2, 0.25) is 0 Å². The second kappa shape index (κ2) is 2.45. The molecule has 4 heteroatoms. The average molecular weight is 182 g/mol. The van der Waals surface area contributed by atoms with E-state index in [0.29, 0.717) is 19.2 Å². The number of carbonyl (C=O) groups excluding carboxylic acids is 1. The van der Waals surface area contributed by atoms with Crippen LogP contribution in [0.1, 0.15) is 12.8 Å². The molecule has 1 unspecified atom stereocenters. The van der Waals surface area contributed by atoms with Crippen molar-refractivity contribution < 1.29 is 9.53 Å². The van der Waals surface area contributed by atoms with Gasteiger partial charge in [0.1, 0.15) is 0 Å². The summed E-state index contributed by atoms with van der Waals surface area (Å²) in [6.07, 6.45) is 2.24. The second-order valence-electron chi connectivity index (χ2n) is 4.17. The standard InChI is InChI=1S/C9H14N2O2/c12-8-9(5-10-6-13-9)7-1-3-11(8)4-2-7/h7,10H,1-6H2. The highest BCUT2D eigenvalue weighted by Gasteiger charge is 2.56. The fraction of sp³-hybridized carbons (Fsp3) is 0.889. The third kappa shape index (κ3) is 0.849. The van der Waals surface area contributed by atoms with Crippen molar-refractivity contribution in [3.63, 3.8) is 0 Å². The first-order valence-corrected chi connectivity index (χ1v) is 4.97. The lowest BCUT2D eigenvalue weighted by molar-refractivity contribution is -0.175. The maximum Gasteiger partial charge on any atom is 0.256 e. The van der Waals surface area contributed by atoms with Crippen molar-refractivity contribution in [1.82, 2.24) is 10.2 Å². The highest BCUT2D eigenvalue weighted by atomic mass is 16.5. The van der Waals surface area contributed by atoms with Crippen LogP contribution in [0, 0.1) is 5.92 Å². The molecular formula is C9H14N2O2. The minimum Gasteiger partial charge on any atom is -0.348 e. The Labute approximate surface area is 77.2 Å². The number of piperidine rings is 3. The van der Waals surface area contributed by atoms with Gasteiger partial charge in [-0.25, -0.2) is 0 Å². The molecule has 4 rings (SSSR count). The minimum atomic E-state index is -0.476. The zero-order valence-corrected chi connectivity index (χ0v) is 7.58. The molecule has 0 aromatic rings. The van der Waals surface area contributed by atoms with Crippen LogP contribution in [-0.2, 0) is 9.53 Å². The molecule has 4 aliphatic rings. The Balaban J connectivity index is 1.97. The Hall–Kier alpha value is -0.610. The van der Waals surface area contributed by atoms with Crippen LogP contribution in [-0.4, -0.2) is 42.8 Å². The molecule has 1 amide bonds. The molecule has 4 fully saturated rings.